The highest BCUT2D eigenvalue weighted by atomic mass is 127. The molecule has 0 bridgehead atoms. The number of halogens is 1. The fourth-order valence-electron chi connectivity index (χ4n) is 0.742. The zero-order chi connectivity index (χ0) is 10.3. The van der Waals surface area contributed by atoms with Crippen LogP contribution < -0.4 is 14.6 Å². The van der Waals surface area contributed by atoms with Gasteiger partial charge in [-0.3, -0.25) is 4.79 Å². The van der Waals surface area contributed by atoms with Crippen LogP contribution in [0.1, 0.15) is 12.8 Å². The van der Waals surface area contributed by atoms with E-state index in [1.165, 1.54) is 0 Å². The standard InChI is InChI=1S/C6H12IN3O3/c7-10-4(5(11)12)2-1-3-9-6(8)13/h4,10H,1-3H2,(H,11,12)(H3,8,9,13). The number of urea groups is 1. The van der Waals surface area contributed by atoms with Crippen molar-refractivity contribution in [3.05, 3.63) is 0 Å². The summed E-state index contributed by atoms with van der Waals surface area (Å²) in [6, 6.07) is -1.16. The molecule has 0 saturated carbocycles. The topological polar surface area (TPSA) is 104 Å². The Kier molecular flexibility index (Phi) is 6.59. The van der Waals surface area contributed by atoms with Crippen molar-refractivity contribution in [2.45, 2.75) is 18.9 Å². The number of rotatable bonds is 6. The first kappa shape index (κ1) is 12.4. The molecule has 0 fully saturated rings. The fraction of sp³-hybridized carbons (Fsp3) is 0.667. The normalized spacial score (nSPS) is 12.1. The highest BCUT2D eigenvalue weighted by Crippen LogP contribution is 1.98. The first-order valence-electron chi connectivity index (χ1n) is 3.70. The molecule has 2 amide bonds. The van der Waals surface area contributed by atoms with Gasteiger partial charge in [0.15, 0.2) is 0 Å². The van der Waals surface area contributed by atoms with Crippen LogP contribution in [0.5, 0.6) is 0 Å². The molecule has 0 saturated heterocycles. The van der Waals surface area contributed by atoms with Crippen LogP contribution in [0.15, 0.2) is 0 Å². The molecule has 0 aliphatic heterocycles. The van der Waals surface area contributed by atoms with Gasteiger partial charge in [0.05, 0.1) is 0 Å². The van der Waals surface area contributed by atoms with E-state index < -0.39 is 18.0 Å². The average Bonchev–Trinajstić information content (AvgIpc) is 2.03. The minimum absolute atomic E-state index is 0.400. The molecule has 0 aliphatic rings. The summed E-state index contributed by atoms with van der Waals surface area (Å²) in [7, 11) is 0. The van der Waals surface area contributed by atoms with Gasteiger partial charge < -0.3 is 16.2 Å². The molecule has 0 aromatic heterocycles. The molecule has 5 N–H and O–H groups in total. The number of primary amides is 1. The number of carbonyl (C=O) groups is 2. The molecule has 76 valence electrons. The van der Waals surface area contributed by atoms with E-state index in [4.69, 9.17) is 10.8 Å². The third kappa shape index (κ3) is 6.58. The third-order valence-electron chi connectivity index (χ3n) is 1.40. The Hall–Kier alpha value is -0.570. The number of nitrogens with one attached hydrogen (secondary N) is 2. The van der Waals surface area contributed by atoms with E-state index in [1.807, 2.05) is 0 Å². The van der Waals surface area contributed by atoms with Crippen molar-refractivity contribution >= 4 is 34.9 Å². The molecule has 0 spiro atoms. The van der Waals surface area contributed by atoms with E-state index in [0.717, 1.165) is 0 Å². The van der Waals surface area contributed by atoms with Gasteiger partial charge in [0, 0.05) is 29.4 Å². The summed E-state index contributed by atoms with van der Waals surface area (Å²) < 4.78 is 2.62. The van der Waals surface area contributed by atoms with E-state index in [-0.39, 0.29) is 0 Å². The molecular formula is C6H12IN3O3. The number of carbonyl (C=O) groups excluding carboxylic acids is 1. The van der Waals surface area contributed by atoms with E-state index in [0.29, 0.717) is 19.4 Å². The molecule has 0 aliphatic carbocycles. The molecule has 1 unspecified atom stereocenters. The first-order chi connectivity index (χ1) is 6.07. The van der Waals surface area contributed by atoms with Gasteiger partial charge in [-0.15, -0.1) is 0 Å². The van der Waals surface area contributed by atoms with Crippen LogP contribution >= 0.6 is 22.9 Å². The Morgan fingerprint density at radius 3 is 2.54 bits per heavy atom. The minimum Gasteiger partial charge on any atom is -0.480 e. The Morgan fingerprint density at radius 1 is 1.54 bits per heavy atom. The summed E-state index contributed by atoms with van der Waals surface area (Å²) in [5, 5.41) is 11.0. The molecule has 0 rings (SSSR count). The SMILES string of the molecule is NC(=O)NCCCC(NI)C(=O)O. The van der Waals surface area contributed by atoms with Gasteiger partial charge in [0.2, 0.25) is 0 Å². The maximum absolute atomic E-state index is 10.5. The van der Waals surface area contributed by atoms with Gasteiger partial charge in [-0.05, 0) is 12.8 Å². The average molecular weight is 301 g/mol. The lowest BCUT2D eigenvalue weighted by Gasteiger charge is -2.09. The summed E-state index contributed by atoms with van der Waals surface area (Å²) in [4.78, 5) is 20.7. The molecule has 0 radical (unpaired) electrons. The lowest BCUT2D eigenvalue weighted by Crippen LogP contribution is -2.33. The zero-order valence-electron chi connectivity index (χ0n) is 6.92. The quantitative estimate of drug-likeness (QED) is 0.310. The van der Waals surface area contributed by atoms with E-state index in [9.17, 15) is 9.59 Å². The predicted molar refractivity (Wildman–Crippen MR) is 55.4 cm³/mol. The molecule has 0 aromatic rings. The van der Waals surface area contributed by atoms with Gasteiger partial charge in [0.25, 0.3) is 0 Å². The Balaban J connectivity index is 3.50. The van der Waals surface area contributed by atoms with Crippen molar-refractivity contribution in [1.29, 1.82) is 0 Å². The Bertz CT molecular complexity index is 188. The van der Waals surface area contributed by atoms with Gasteiger partial charge in [-0.25, -0.2) is 8.32 Å². The van der Waals surface area contributed by atoms with Crippen LogP contribution in [0, 0.1) is 0 Å². The highest BCUT2D eigenvalue weighted by Gasteiger charge is 2.14. The molecular weight excluding hydrogens is 289 g/mol. The zero-order valence-corrected chi connectivity index (χ0v) is 9.08. The van der Waals surface area contributed by atoms with Gasteiger partial charge in [-0.1, -0.05) is 0 Å². The summed E-state index contributed by atoms with van der Waals surface area (Å²) in [6.07, 6.45) is 1.04. The maximum atomic E-state index is 10.5. The predicted octanol–water partition coefficient (Wildman–Crippen LogP) is -0.172. The van der Waals surface area contributed by atoms with Crippen LogP contribution in [-0.4, -0.2) is 29.7 Å². The fourth-order valence-corrected chi connectivity index (χ4v) is 1.32. The van der Waals surface area contributed by atoms with Crippen LogP contribution in [0.4, 0.5) is 4.79 Å². The lowest BCUT2D eigenvalue weighted by atomic mass is 10.2. The van der Waals surface area contributed by atoms with Crippen LogP contribution in [0.3, 0.4) is 0 Å². The highest BCUT2D eigenvalue weighted by molar-refractivity contribution is 14.1. The first-order valence-corrected chi connectivity index (χ1v) is 4.78. The van der Waals surface area contributed by atoms with Crippen molar-refractivity contribution in [1.82, 2.24) is 8.85 Å². The second kappa shape index (κ2) is 6.89. The summed E-state index contributed by atoms with van der Waals surface area (Å²) in [5.41, 5.74) is 4.82. The van der Waals surface area contributed by atoms with Crippen LogP contribution in [-0.2, 0) is 4.79 Å². The van der Waals surface area contributed by atoms with Crippen LogP contribution in [0.25, 0.3) is 0 Å². The summed E-state index contributed by atoms with van der Waals surface area (Å²) in [6.45, 7) is 0.400. The van der Waals surface area contributed by atoms with Gasteiger partial charge >= 0.3 is 12.0 Å². The Morgan fingerprint density at radius 2 is 2.15 bits per heavy atom. The smallest absolute Gasteiger partial charge is 0.321 e. The number of carboxylic acids is 1. The second-order valence-electron chi connectivity index (χ2n) is 2.43. The number of hydrogen-bond donors (Lipinski definition) is 4. The van der Waals surface area contributed by atoms with Crippen molar-refractivity contribution in [2.24, 2.45) is 5.73 Å². The Labute approximate surface area is 89.7 Å². The van der Waals surface area contributed by atoms with Crippen molar-refractivity contribution in [3.8, 4) is 0 Å². The van der Waals surface area contributed by atoms with E-state index >= 15 is 0 Å². The maximum Gasteiger partial charge on any atom is 0.321 e. The number of nitrogens with two attached hydrogens (primary N) is 1. The number of carboxylic acid groups (broad SMARTS) is 1. The van der Waals surface area contributed by atoms with Crippen molar-refractivity contribution < 1.29 is 14.7 Å². The molecule has 1 atom stereocenters. The lowest BCUT2D eigenvalue weighted by molar-refractivity contribution is -0.138. The monoisotopic (exact) mass is 301 g/mol. The summed E-state index contributed by atoms with van der Waals surface area (Å²) in [5.74, 6) is -0.895. The minimum atomic E-state index is -0.895. The van der Waals surface area contributed by atoms with Crippen molar-refractivity contribution in [2.75, 3.05) is 6.54 Å². The van der Waals surface area contributed by atoms with Gasteiger partial charge in [0.1, 0.15) is 6.04 Å². The van der Waals surface area contributed by atoms with Gasteiger partial charge in [-0.2, -0.15) is 0 Å². The number of hydrogen-bond acceptors (Lipinski definition) is 3. The van der Waals surface area contributed by atoms with Crippen LogP contribution in [0.2, 0.25) is 0 Å². The van der Waals surface area contributed by atoms with E-state index in [1.54, 1.807) is 22.9 Å². The molecule has 0 aromatic carbocycles. The molecule has 6 nitrogen and oxygen atoms in total. The third-order valence-corrected chi connectivity index (χ3v) is 2.15. The van der Waals surface area contributed by atoms with E-state index in [2.05, 4.69) is 8.85 Å². The number of amides is 2. The molecule has 7 heteroatoms. The molecule has 0 heterocycles. The summed E-state index contributed by atoms with van der Waals surface area (Å²) >= 11 is 1.79. The largest absolute Gasteiger partial charge is 0.480 e. The molecule has 13 heavy (non-hydrogen) atoms. The number of aliphatic carboxylic acids is 1. The second-order valence-corrected chi connectivity index (χ2v) is 3.06. The van der Waals surface area contributed by atoms with Crippen molar-refractivity contribution in [3.63, 3.8) is 0 Å².